The van der Waals surface area contributed by atoms with Crippen LogP contribution in [0, 0.1) is 6.92 Å². The number of nitrogens with zero attached hydrogens (tertiary/aromatic N) is 1. The average molecular weight is 506 g/mol. The van der Waals surface area contributed by atoms with E-state index in [4.69, 9.17) is 9.47 Å². The summed E-state index contributed by atoms with van der Waals surface area (Å²) in [5.41, 5.74) is 5.82. The number of morpholine rings is 1. The zero-order valence-electron chi connectivity index (χ0n) is 21.5. The van der Waals surface area contributed by atoms with Crippen molar-refractivity contribution in [2.45, 2.75) is 43.4 Å². The fraction of sp³-hybridized carbons (Fsp3) is 0.303. The lowest BCUT2D eigenvalue weighted by Gasteiger charge is -2.51. The van der Waals surface area contributed by atoms with Crippen molar-refractivity contribution >= 4 is 16.9 Å². The fourth-order valence-corrected chi connectivity index (χ4v) is 7.15. The summed E-state index contributed by atoms with van der Waals surface area (Å²) >= 11 is 0. The zero-order valence-corrected chi connectivity index (χ0v) is 21.5. The lowest BCUT2D eigenvalue weighted by Crippen LogP contribution is -2.62. The van der Waals surface area contributed by atoms with E-state index in [9.17, 15) is 9.90 Å². The van der Waals surface area contributed by atoms with Gasteiger partial charge in [0.25, 0.3) is 0 Å². The van der Waals surface area contributed by atoms with Gasteiger partial charge >= 0.3 is 6.09 Å². The van der Waals surface area contributed by atoms with Gasteiger partial charge in [0.05, 0.1) is 30.9 Å². The Morgan fingerprint density at radius 2 is 1.50 bits per heavy atom. The Kier molecular flexibility index (Phi) is 5.53. The van der Waals surface area contributed by atoms with Crippen LogP contribution in [0.2, 0.25) is 0 Å². The van der Waals surface area contributed by atoms with Crippen LogP contribution in [-0.4, -0.2) is 48.0 Å². The molecule has 2 heterocycles. The molecule has 0 radical (unpaired) electrons. The predicted octanol–water partition coefficient (Wildman–Crippen LogP) is 6.15. The molecule has 1 amide bonds. The number of benzene rings is 4. The minimum atomic E-state index is -1.04. The maximum absolute atomic E-state index is 13.6. The number of amides is 1. The van der Waals surface area contributed by atoms with Gasteiger partial charge in [0.1, 0.15) is 6.61 Å². The maximum atomic E-state index is 13.6. The van der Waals surface area contributed by atoms with Crippen LogP contribution >= 0.6 is 0 Å². The summed E-state index contributed by atoms with van der Waals surface area (Å²) in [4.78, 5) is 15.4. The van der Waals surface area contributed by atoms with Gasteiger partial charge in [-0.1, -0.05) is 84.9 Å². The number of carbonyl (C=O) groups is 1. The topological polar surface area (TPSA) is 59.0 Å². The molecule has 1 aliphatic carbocycles. The van der Waals surface area contributed by atoms with Crippen LogP contribution in [-0.2, 0) is 15.1 Å². The van der Waals surface area contributed by atoms with Gasteiger partial charge in [0.2, 0.25) is 0 Å². The molecule has 5 nitrogen and oxygen atoms in total. The van der Waals surface area contributed by atoms with Gasteiger partial charge in [-0.25, -0.2) is 4.79 Å². The third kappa shape index (κ3) is 3.64. The van der Waals surface area contributed by atoms with Gasteiger partial charge in [-0.05, 0) is 51.1 Å². The summed E-state index contributed by atoms with van der Waals surface area (Å²) in [5.74, 6) is 0.0162. The molecule has 2 saturated heterocycles. The Morgan fingerprint density at radius 1 is 0.895 bits per heavy atom. The molecule has 2 bridgehead atoms. The molecule has 2 unspecified atom stereocenters. The molecule has 2 aliphatic heterocycles. The highest BCUT2D eigenvalue weighted by Crippen LogP contribution is 2.46. The summed E-state index contributed by atoms with van der Waals surface area (Å²) in [6, 6.07) is 28.6. The molecule has 5 heteroatoms. The molecule has 4 aromatic rings. The monoisotopic (exact) mass is 505 g/mol. The van der Waals surface area contributed by atoms with E-state index in [1.807, 2.05) is 29.2 Å². The second-order valence-electron chi connectivity index (χ2n) is 11.0. The lowest BCUT2D eigenvalue weighted by molar-refractivity contribution is -0.136. The van der Waals surface area contributed by atoms with Crippen LogP contribution in [0.15, 0.2) is 84.9 Å². The van der Waals surface area contributed by atoms with Crippen molar-refractivity contribution in [3.63, 3.8) is 0 Å². The summed E-state index contributed by atoms with van der Waals surface area (Å²) < 4.78 is 11.9. The largest absolute Gasteiger partial charge is 0.448 e. The van der Waals surface area contributed by atoms with Crippen LogP contribution in [0.5, 0.6) is 0 Å². The molecule has 2 fully saturated rings. The van der Waals surface area contributed by atoms with Crippen molar-refractivity contribution < 1.29 is 19.4 Å². The highest BCUT2D eigenvalue weighted by molar-refractivity contribution is 5.87. The average Bonchev–Trinajstić information content (AvgIpc) is 3.24. The van der Waals surface area contributed by atoms with E-state index in [1.165, 1.54) is 22.3 Å². The van der Waals surface area contributed by atoms with Crippen LogP contribution in [0.3, 0.4) is 0 Å². The Morgan fingerprint density at radius 3 is 2.18 bits per heavy atom. The zero-order chi connectivity index (χ0) is 25.9. The van der Waals surface area contributed by atoms with Crippen molar-refractivity contribution in [1.82, 2.24) is 4.90 Å². The number of aryl methyl sites for hydroxylation is 1. The molecule has 1 N–H and O–H groups in total. The Hall–Kier alpha value is -3.67. The Balaban J connectivity index is 1.14. The van der Waals surface area contributed by atoms with Crippen LogP contribution < -0.4 is 0 Å². The van der Waals surface area contributed by atoms with E-state index >= 15 is 0 Å². The number of carbonyl (C=O) groups excluding carboxylic acids is 1. The van der Waals surface area contributed by atoms with Crippen molar-refractivity contribution in [1.29, 1.82) is 0 Å². The first-order valence-electron chi connectivity index (χ1n) is 13.5. The minimum absolute atomic E-state index is 0.0162. The number of ether oxygens (including phenoxy) is 2. The number of fused-ring (bicyclic) bond motifs is 6. The molecule has 4 aromatic carbocycles. The van der Waals surface area contributed by atoms with E-state index in [0.717, 1.165) is 21.9 Å². The quantitative estimate of drug-likeness (QED) is 0.363. The van der Waals surface area contributed by atoms with E-state index in [2.05, 4.69) is 67.6 Å². The van der Waals surface area contributed by atoms with Crippen molar-refractivity contribution in [2.24, 2.45) is 0 Å². The standard InChI is InChI=1S/C33H31NO4/c1-21-14-15-22-8-2-3-9-25(22)31(21)33(36)16-23-18-37-19-24(17-33)34(23)32(35)38-20-30-28-12-6-4-10-26(28)27-11-5-7-13-29(27)30/h2-15,23-24,30,36H,16-20H2,1H3. The summed E-state index contributed by atoms with van der Waals surface area (Å²) in [6.45, 7) is 3.14. The van der Waals surface area contributed by atoms with E-state index in [-0.39, 0.29) is 30.7 Å². The normalized spacial score (nSPS) is 24.2. The molecule has 192 valence electrons. The number of aliphatic hydroxyl groups is 1. The van der Waals surface area contributed by atoms with Gasteiger partial charge in [-0.15, -0.1) is 0 Å². The van der Waals surface area contributed by atoms with Crippen LogP contribution in [0.4, 0.5) is 4.79 Å². The lowest BCUT2D eigenvalue weighted by atomic mass is 9.74. The molecule has 3 aliphatic rings. The first-order chi connectivity index (χ1) is 18.5. The minimum Gasteiger partial charge on any atom is -0.448 e. The van der Waals surface area contributed by atoms with E-state index < -0.39 is 5.60 Å². The predicted molar refractivity (Wildman–Crippen MR) is 147 cm³/mol. The second-order valence-corrected chi connectivity index (χ2v) is 11.0. The number of piperidine rings is 1. The molecule has 0 saturated carbocycles. The van der Waals surface area contributed by atoms with Crippen molar-refractivity contribution in [3.05, 3.63) is 107 Å². The molecule has 7 rings (SSSR count). The third-order valence-corrected chi connectivity index (χ3v) is 8.70. The molecule has 38 heavy (non-hydrogen) atoms. The van der Waals surface area contributed by atoms with E-state index in [1.54, 1.807) is 0 Å². The van der Waals surface area contributed by atoms with Gasteiger partial charge in [-0.3, -0.25) is 4.90 Å². The third-order valence-electron chi connectivity index (χ3n) is 8.70. The van der Waals surface area contributed by atoms with Crippen molar-refractivity contribution in [2.75, 3.05) is 19.8 Å². The van der Waals surface area contributed by atoms with Crippen molar-refractivity contribution in [3.8, 4) is 11.1 Å². The highest BCUT2D eigenvalue weighted by atomic mass is 16.6. The van der Waals surface area contributed by atoms with Gasteiger partial charge in [0, 0.05) is 18.8 Å². The first kappa shape index (κ1) is 23.4. The summed E-state index contributed by atoms with van der Waals surface area (Å²) in [6.07, 6.45) is 0.521. The molecular formula is C33H31NO4. The smallest absolute Gasteiger partial charge is 0.410 e. The molecule has 0 aromatic heterocycles. The van der Waals surface area contributed by atoms with Gasteiger partial charge in [0.15, 0.2) is 0 Å². The Labute approximate surface area is 222 Å². The number of rotatable bonds is 3. The molecular weight excluding hydrogens is 474 g/mol. The first-order valence-corrected chi connectivity index (χ1v) is 13.5. The second kappa shape index (κ2) is 8.97. The Bertz CT molecular complexity index is 1490. The van der Waals surface area contributed by atoms with Gasteiger partial charge < -0.3 is 14.6 Å². The molecule has 0 spiro atoms. The number of hydrogen-bond acceptors (Lipinski definition) is 4. The molecule has 2 atom stereocenters. The summed E-state index contributed by atoms with van der Waals surface area (Å²) in [7, 11) is 0. The number of hydrogen-bond donors (Lipinski definition) is 1. The van der Waals surface area contributed by atoms with Crippen LogP contribution in [0.1, 0.15) is 41.0 Å². The highest BCUT2D eigenvalue weighted by Gasteiger charge is 2.50. The van der Waals surface area contributed by atoms with E-state index in [0.29, 0.717) is 26.1 Å². The fourth-order valence-electron chi connectivity index (χ4n) is 7.15. The maximum Gasteiger partial charge on any atom is 0.410 e. The summed E-state index contributed by atoms with van der Waals surface area (Å²) in [5, 5.41) is 14.3. The van der Waals surface area contributed by atoms with Crippen LogP contribution in [0.25, 0.3) is 21.9 Å². The van der Waals surface area contributed by atoms with Gasteiger partial charge in [-0.2, -0.15) is 0 Å². The SMILES string of the molecule is Cc1ccc2ccccc2c1C1(O)CC2COCC(C1)N2C(=O)OCC1c2ccccc2-c2ccccc21.